The summed E-state index contributed by atoms with van der Waals surface area (Å²) < 4.78 is 0. The second-order valence-electron chi connectivity index (χ2n) is 7.30. The number of aliphatic imine (C=N–C) groups is 1. The second-order valence-corrected chi connectivity index (χ2v) is 8.33. The van der Waals surface area contributed by atoms with E-state index in [9.17, 15) is 5.11 Å². The van der Waals surface area contributed by atoms with Gasteiger partial charge in [-0.1, -0.05) is 25.3 Å². The number of aliphatic hydroxyl groups is 1. The summed E-state index contributed by atoms with van der Waals surface area (Å²) in [6, 6.07) is 4.34. The molecule has 2 fully saturated rings. The van der Waals surface area contributed by atoms with Gasteiger partial charge in [-0.15, -0.1) is 35.3 Å². The molecule has 1 aromatic heterocycles. The number of thiophene rings is 1. The van der Waals surface area contributed by atoms with Crippen LogP contribution >= 0.6 is 35.3 Å². The minimum absolute atomic E-state index is 0. The molecule has 1 aliphatic heterocycles. The number of nitrogens with zero attached hydrogens (tertiary/aromatic N) is 3. The van der Waals surface area contributed by atoms with E-state index < -0.39 is 5.60 Å². The van der Waals surface area contributed by atoms with Crippen molar-refractivity contribution >= 4 is 41.3 Å². The molecule has 148 valence electrons. The molecule has 26 heavy (non-hydrogen) atoms. The lowest BCUT2D eigenvalue weighted by molar-refractivity contribution is 0.0129. The third-order valence-corrected chi connectivity index (χ3v) is 6.13. The van der Waals surface area contributed by atoms with Crippen LogP contribution in [0.4, 0.5) is 0 Å². The van der Waals surface area contributed by atoms with Gasteiger partial charge in [0.1, 0.15) is 0 Å². The van der Waals surface area contributed by atoms with Gasteiger partial charge < -0.3 is 15.3 Å². The largest absolute Gasteiger partial charge is 0.388 e. The summed E-state index contributed by atoms with van der Waals surface area (Å²) in [7, 11) is 0. The van der Waals surface area contributed by atoms with Gasteiger partial charge in [0.05, 0.1) is 12.1 Å². The van der Waals surface area contributed by atoms with Crippen molar-refractivity contribution in [2.24, 2.45) is 4.99 Å². The first kappa shape index (κ1) is 21.9. The highest BCUT2D eigenvalue weighted by Crippen LogP contribution is 2.28. The van der Waals surface area contributed by atoms with Crippen LogP contribution < -0.4 is 5.32 Å². The van der Waals surface area contributed by atoms with Gasteiger partial charge in [-0.25, -0.2) is 0 Å². The van der Waals surface area contributed by atoms with Crippen LogP contribution in [0.5, 0.6) is 0 Å². The minimum atomic E-state index is -0.583. The van der Waals surface area contributed by atoms with E-state index in [1.807, 2.05) is 11.3 Å². The Hall–Kier alpha value is -0.380. The average Bonchev–Trinajstić information content (AvgIpc) is 3.13. The maximum Gasteiger partial charge on any atom is 0.194 e. The van der Waals surface area contributed by atoms with Gasteiger partial charge in [0.25, 0.3) is 0 Å². The molecule has 1 aromatic rings. The van der Waals surface area contributed by atoms with Crippen molar-refractivity contribution in [2.75, 3.05) is 39.3 Å². The van der Waals surface area contributed by atoms with Gasteiger partial charge in [-0.05, 0) is 31.2 Å². The van der Waals surface area contributed by atoms with Crippen LogP contribution in [-0.4, -0.2) is 65.7 Å². The second kappa shape index (κ2) is 10.8. The fraction of sp³-hybridized carbons (Fsp3) is 0.737. The number of nitrogens with one attached hydrogen (secondary N) is 1. The first-order valence-corrected chi connectivity index (χ1v) is 10.6. The number of halogens is 1. The van der Waals surface area contributed by atoms with Gasteiger partial charge in [0.2, 0.25) is 0 Å². The third kappa shape index (κ3) is 6.35. The molecule has 7 heteroatoms. The molecule has 2 aliphatic rings. The molecule has 0 unspecified atom stereocenters. The summed E-state index contributed by atoms with van der Waals surface area (Å²) >= 11 is 1.84. The Kier molecular flexibility index (Phi) is 9.12. The van der Waals surface area contributed by atoms with E-state index in [0.29, 0.717) is 6.54 Å². The minimum Gasteiger partial charge on any atom is -0.388 e. The summed E-state index contributed by atoms with van der Waals surface area (Å²) in [4.78, 5) is 11.1. The van der Waals surface area contributed by atoms with E-state index in [-0.39, 0.29) is 24.0 Å². The van der Waals surface area contributed by atoms with Crippen LogP contribution in [0.15, 0.2) is 22.5 Å². The molecule has 0 amide bonds. The monoisotopic (exact) mass is 492 g/mol. The van der Waals surface area contributed by atoms with Gasteiger partial charge in [-0.2, -0.15) is 0 Å². The first-order chi connectivity index (χ1) is 12.2. The van der Waals surface area contributed by atoms with E-state index in [1.165, 1.54) is 11.3 Å². The number of guanidine groups is 1. The van der Waals surface area contributed by atoms with Crippen molar-refractivity contribution in [3.8, 4) is 0 Å². The molecule has 2 heterocycles. The van der Waals surface area contributed by atoms with Crippen molar-refractivity contribution in [3.05, 3.63) is 22.4 Å². The lowest BCUT2D eigenvalue weighted by Crippen LogP contribution is -2.52. The standard InChI is InChI=1S/C19H32N4OS.HI/c1-2-20-18(21-16-19(24)8-4-3-5-9-19)23-12-10-22(11-13-23)15-17-7-6-14-25-17;/h6-7,14,24H,2-5,8-13,15-16H2,1H3,(H,20,21);1H. The van der Waals surface area contributed by atoms with E-state index in [1.54, 1.807) is 0 Å². The van der Waals surface area contributed by atoms with Crippen molar-refractivity contribution in [2.45, 2.75) is 51.2 Å². The molecule has 1 saturated carbocycles. The quantitative estimate of drug-likeness (QED) is 0.377. The third-order valence-electron chi connectivity index (χ3n) is 5.27. The smallest absolute Gasteiger partial charge is 0.194 e. The molecule has 0 spiro atoms. The Labute approximate surface area is 178 Å². The number of piperazine rings is 1. The fourth-order valence-electron chi connectivity index (χ4n) is 3.76. The Morgan fingerprint density at radius 1 is 1.23 bits per heavy atom. The van der Waals surface area contributed by atoms with Crippen LogP contribution in [0.25, 0.3) is 0 Å². The van der Waals surface area contributed by atoms with Crippen molar-refractivity contribution < 1.29 is 5.11 Å². The Bertz CT molecular complexity index is 538. The Balaban J connectivity index is 0.00000243. The molecule has 0 bridgehead atoms. The van der Waals surface area contributed by atoms with Crippen molar-refractivity contribution in [3.63, 3.8) is 0 Å². The molecule has 0 atom stereocenters. The van der Waals surface area contributed by atoms with Gasteiger partial charge in [0, 0.05) is 44.1 Å². The fourth-order valence-corrected chi connectivity index (χ4v) is 4.50. The number of rotatable bonds is 5. The van der Waals surface area contributed by atoms with Crippen LogP contribution in [0.2, 0.25) is 0 Å². The SMILES string of the molecule is CCNC(=NCC1(O)CCCCC1)N1CCN(Cc2cccs2)CC1.I. The Morgan fingerprint density at radius 3 is 2.58 bits per heavy atom. The van der Waals surface area contributed by atoms with Crippen molar-refractivity contribution in [1.82, 2.24) is 15.1 Å². The highest BCUT2D eigenvalue weighted by Gasteiger charge is 2.29. The maximum absolute atomic E-state index is 10.7. The number of hydrogen-bond acceptors (Lipinski definition) is 4. The maximum atomic E-state index is 10.7. The lowest BCUT2D eigenvalue weighted by atomic mass is 9.85. The zero-order chi connectivity index (χ0) is 17.5. The van der Waals surface area contributed by atoms with Gasteiger partial charge in [0.15, 0.2) is 5.96 Å². The number of hydrogen-bond donors (Lipinski definition) is 2. The predicted octanol–water partition coefficient (Wildman–Crippen LogP) is 3.14. The van der Waals surface area contributed by atoms with Crippen molar-refractivity contribution in [1.29, 1.82) is 0 Å². The zero-order valence-corrected chi connectivity index (χ0v) is 19.0. The molecular formula is C19H33IN4OS. The van der Waals surface area contributed by atoms with Crippen LogP contribution in [0.3, 0.4) is 0 Å². The van der Waals surface area contributed by atoms with Crippen LogP contribution in [0, 0.1) is 0 Å². The summed E-state index contributed by atoms with van der Waals surface area (Å²) in [6.45, 7) is 8.68. The van der Waals surface area contributed by atoms with E-state index in [2.05, 4.69) is 39.6 Å². The average molecular weight is 492 g/mol. The summed E-state index contributed by atoms with van der Waals surface area (Å²) in [5.74, 6) is 0.970. The Morgan fingerprint density at radius 2 is 1.96 bits per heavy atom. The highest BCUT2D eigenvalue weighted by molar-refractivity contribution is 14.0. The molecule has 0 aromatic carbocycles. The topological polar surface area (TPSA) is 51.1 Å². The summed E-state index contributed by atoms with van der Waals surface area (Å²) in [5, 5.41) is 16.3. The highest BCUT2D eigenvalue weighted by atomic mass is 127. The molecule has 2 N–H and O–H groups in total. The molecule has 1 saturated heterocycles. The van der Waals surface area contributed by atoms with Crippen LogP contribution in [-0.2, 0) is 6.54 Å². The van der Waals surface area contributed by atoms with E-state index in [0.717, 1.165) is 70.9 Å². The predicted molar refractivity (Wildman–Crippen MR) is 121 cm³/mol. The molecule has 5 nitrogen and oxygen atoms in total. The van der Waals surface area contributed by atoms with Gasteiger partial charge >= 0.3 is 0 Å². The first-order valence-electron chi connectivity index (χ1n) is 9.69. The molecule has 1 aliphatic carbocycles. The summed E-state index contributed by atoms with van der Waals surface area (Å²) in [5.41, 5.74) is -0.583. The molecule has 3 rings (SSSR count). The molecule has 0 radical (unpaired) electrons. The van der Waals surface area contributed by atoms with Gasteiger partial charge in [-0.3, -0.25) is 9.89 Å². The van der Waals surface area contributed by atoms with E-state index >= 15 is 0 Å². The van der Waals surface area contributed by atoms with Crippen LogP contribution in [0.1, 0.15) is 43.9 Å². The summed E-state index contributed by atoms with van der Waals surface area (Å²) in [6.07, 6.45) is 5.29. The lowest BCUT2D eigenvalue weighted by Gasteiger charge is -2.37. The van der Waals surface area contributed by atoms with E-state index in [4.69, 9.17) is 4.99 Å². The zero-order valence-electron chi connectivity index (χ0n) is 15.8. The normalized spacial score (nSPS) is 21.3. The molecular weight excluding hydrogens is 459 g/mol.